The van der Waals surface area contributed by atoms with Crippen molar-refractivity contribution in [3.63, 3.8) is 0 Å². The molecular weight excluding hydrogens is 228 g/mol. The second-order valence-corrected chi connectivity index (χ2v) is 5.52. The molecule has 2 nitrogen and oxygen atoms in total. The molecule has 0 aromatic heterocycles. The second-order valence-electron chi connectivity index (χ2n) is 4.24. The molecular formula is C14H20N2S. The van der Waals surface area contributed by atoms with Crippen molar-refractivity contribution in [1.82, 2.24) is 5.32 Å². The molecule has 0 spiro atoms. The van der Waals surface area contributed by atoms with Gasteiger partial charge in [-0.1, -0.05) is 19.1 Å². The van der Waals surface area contributed by atoms with Crippen LogP contribution in [0.5, 0.6) is 0 Å². The van der Waals surface area contributed by atoms with Gasteiger partial charge in [0.25, 0.3) is 0 Å². The van der Waals surface area contributed by atoms with E-state index < -0.39 is 0 Å². The standard InChI is InChI=1S/C14H20N2S/c1-11(17-3)8-9-16-12(2)14-6-4-13(10-15)5-7-14/h4-7,11-12,16H,8-9H2,1-3H3. The third kappa shape index (κ3) is 4.80. The molecule has 2 atom stereocenters. The van der Waals surface area contributed by atoms with Gasteiger partial charge in [-0.15, -0.1) is 0 Å². The van der Waals surface area contributed by atoms with Crippen molar-refractivity contribution in [3.05, 3.63) is 35.4 Å². The van der Waals surface area contributed by atoms with E-state index in [4.69, 9.17) is 5.26 Å². The van der Waals surface area contributed by atoms with Crippen LogP contribution in [0.1, 0.15) is 37.4 Å². The van der Waals surface area contributed by atoms with Gasteiger partial charge in [-0.05, 0) is 43.8 Å². The van der Waals surface area contributed by atoms with Gasteiger partial charge < -0.3 is 5.32 Å². The lowest BCUT2D eigenvalue weighted by molar-refractivity contribution is 0.558. The third-order valence-corrected chi connectivity index (χ3v) is 3.98. The number of hydrogen-bond acceptors (Lipinski definition) is 3. The maximum atomic E-state index is 8.73. The zero-order chi connectivity index (χ0) is 12.7. The smallest absolute Gasteiger partial charge is 0.0991 e. The maximum Gasteiger partial charge on any atom is 0.0991 e. The number of nitriles is 1. The van der Waals surface area contributed by atoms with E-state index in [1.165, 1.54) is 12.0 Å². The summed E-state index contributed by atoms with van der Waals surface area (Å²) in [7, 11) is 0. The Kier molecular flexibility index (Phi) is 6.10. The first-order valence-corrected chi connectivity index (χ1v) is 7.22. The van der Waals surface area contributed by atoms with Crippen molar-refractivity contribution in [2.24, 2.45) is 0 Å². The van der Waals surface area contributed by atoms with E-state index in [0.29, 0.717) is 11.3 Å². The van der Waals surface area contributed by atoms with Gasteiger partial charge in [0.15, 0.2) is 0 Å². The zero-order valence-corrected chi connectivity index (χ0v) is 11.6. The fourth-order valence-corrected chi connectivity index (χ4v) is 1.94. The molecule has 0 bridgehead atoms. The first-order chi connectivity index (χ1) is 8.17. The van der Waals surface area contributed by atoms with Crippen molar-refractivity contribution >= 4 is 11.8 Å². The number of nitrogens with one attached hydrogen (secondary N) is 1. The molecule has 0 aliphatic carbocycles. The summed E-state index contributed by atoms with van der Waals surface area (Å²) >= 11 is 1.90. The SMILES string of the molecule is CSC(C)CCNC(C)c1ccc(C#N)cc1. The minimum Gasteiger partial charge on any atom is -0.310 e. The van der Waals surface area contributed by atoms with Crippen molar-refractivity contribution in [2.75, 3.05) is 12.8 Å². The monoisotopic (exact) mass is 248 g/mol. The van der Waals surface area contributed by atoms with Crippen LogP contribution in [0.2, 0.25) is 0 Å². The van der Waals surface area contributed by atoms with Gasteiger partial charge in [0.2, 0.25) is 0 Å². The van der Waals surface area contributed by atoms with Gasteiger partial charge >= 0.3 is 0 Å². The van der Waals surface area contributed by atoms with Crippen molar-refractivity contribution in [1.29, 1.82) is 5.26 Å². The van der Waals surface area contributed by atoms with Crippen LogP contribution in [0.15, 0.2) is 24.3 Å². The summed E-state index contributed by atoms with van der Waals surface area (Å²) in [6, 6.07) is 10.3. The molecule has 2 unspecified atom stereocenters. The predicted octanol–water partition coefficient (Wildman–Crippen LogP) is 3.35. The number of hydrogen-bond donors (Lipinski definition) is 1. The molecule has 0 amide bonds. The molecule has 0 saturated carbocycles. The predicted molar refractivity (Wildman–Crippen MR) is 75.2 cm³/mol. The molecule has 0 heterocycles. The first-order valence-electron chi connectivity index (χ1n) is 5.93. The maximum absolute atomic E-state index is 8.73. The Labute approximate surface area is 108 Å². The lowest BCUT2D eigenvalue weighted by Gasteiger charge is -2.15. The fourth-order valence-electron chi connectivity index (χ4n) is 1.59. The number of nitrogens with zero attached hydrogens (tertiary/aromatic N) is 1. The summed E-state index contributed by atoms with van der Waals surface area (Å²) < 4.78 is 0. The second kappa shape index (κ2) is 7.37. The highest BCUT2D eigenvalue weighted by atomic mass is 32.2. The van der Waals surface area contributed by atoms with E-state index in [-0.39, 0.29) is 0 Å². The normalized spacial score (nSPS) is 14.0. The highest BCUT2D eigenvalue weighted by Gasteiger charge is 2.05. The number of rotatable bonds is 6. The van der Waals surface area contributed by atoms with E-state index in [1.54, 1.807) is 0 Å². The van der Waals surface area contributed by atoms with Gasteiger partial charge in [-0.25, -0.2) is 0 Å². The molecule has 1 aromatic carbocycles. The van der Waals surface area contributed by atoms with E-state index in [1.807, 2.05) is 36.0 Å². The molecule has 0 radical (unpaired) electrons. The molecule has 17 heavy (non-hydrogen) atoms. The molecule has 92 valence electrons. The van der Waals surface area contributed by atoms with Crippen LogP contribution in [-0.4, -0.2) is 18.1 Å². The van der Waals surface area contributed by atoms with E-state index >= 15 is 0 Å². The van der Waals surface area contributed by atoms with Gasteiger partial charge in [0.05, 0.1) is 11.6 Å². The Balaban J connectivity index is 2.41. The van der Waals surface area contributed by atoms with Gasteiger partial charge in [0.1, 0.15) is 0 Å². The fraction of sp³-hybridized carbons (Fsp3) is 0.500. The van der Waals surface area contributed by atoms with Crippen LogP contribution in [0.4, 0.5) is 0 Å². The van der Waals surface area contributed by atoms with Crippen LogP contribution in [0.3, 0.4) is 0 Å². The van der Waals surface area contributed by atoms with Crippen LogP contribution >= 0.6 is 11.8 Å². The third-order valence-electron chi connectivity index (χ3n) is 2.94. The Morgan fingerprint density at radius 1 is 1.29 bits per heavy atom. The van der Waals surface area contributed by atoms with Crippen LogP contribution in [-0.2, 0) is 0 Å². The summed E-state index contributed by atoms with van der Waals surface area (Å²) in [5, 5.41) is 12.9. The summed E-state index contributed by atoms with van der Waals surface area (Å²) in [5.74, 6) is 0. The van der Waals surface area contributed by atoms with Crippen LogP contribution in [0.25, 0.3) is 0 Å². The zero-order valence-electron chi connectivity index (χ0n) is 10.7. The Hall–Kier alpha value is -0.980. The van der Waals surface area contributed by atoms with Gasteiger partial charge in [-0.2, -0.15) is 17.0 Å². The summed E-state index contributed by atoms with van der Waals surface area (Å²) in [4.78, 5) is 0. The largest absolute Gasteiger partial charge is 0.310 e. The number of thioether (sulfide) groups is 1. The Morgan fingerprint density at radius 3 is 2.47 bits per heavy atom. The van der Waals surface area contributed by atoms with E-state index in [9.17, 15) is 0 Å². The highest BCUT2D eigenvalue weighted by Crippen LogP contribution is 2.14. The Bertz CT molecular complexity index is 367. The van der Waals surface area contributed by atoms with Crippen LogP contribution in [0, 0.1) is 11.3 Å². The van der Waals surface area contributed by atoms with Crippen molar-refractivity contribution < 1.29 is 0 Å². The average Bonchev–Trinajstić information content (AvgIpc) is 2.38. The molecule has 1 N–H and O–H groups in total. The lowest BCUT2D eigenvalue weighted by atomic mass is 10.1. The Morgan fingerprint density at radius 2 is 1.94 bits per heavy atom. The molecule has 1 aromatic rings. The molecule has 1 rings (SSSR count). The lowest BCUT2D eigenvalue weighted by Crippen LogP contribution is -2.21. The van der Waals surface area contributed by atoms with Crippen LogP contribution < -0.4 is 5.32 Å². The van der Waals surface area contributed by atoms with Gasteiger partial charge in [-0.3, -0.25) is 0 Å². The van der Waals surface area contributed by atoms with Gasteiger partial charge in [0, 0.05) is 11.3 Å². The topological polar surface area (TPSA) is 35.8 Å². The minimum atomic E-state index is 0.344. The summed E-state index contributed by atoms with van der Waals surface area (Å²) in [6.07, 6.45) is 3.33. The van der Waals surface area contributed by atoms with E-state index in [0.717, 1.165) is 12.1 Å². The first kappa shape index (κ1) is 14.1. The quantitative estimate of drug-likeness (QED) is 0.838. The average molecular weight is 248 g/mol. The van der Waals surface area contributed by atoms with Crippen molar-refractivity contribution in [3.8, 4) is 6.07 Å². The van der Waals surface area contributed by atoms with Crippen molar-refractivity contribution in [2.45, 2.75) is 31.6 Å². The number of benzene rings is 1. The highest BCUT2D eigenvalue weighted by molar-refractivity contribution is 7.99. The molecule has 0 fully saturated rings. The molecule has 0 saturated heterocycles. The summed E-state index contributed by atoms with van der Waals surface area (Å²) in [6.45, 7) is 5.44. The molecule has 3 heteroatoms. The minimum absolute atomic E-state index is 0.344. The molecule has 0 aliphatic rings. The van der Waals surface area contributed by atoms with E-state index in [2.05, 4.69) is 31.5 Å². The summed E-state index contributed by atoms with van der Waals surface area (Å²) in [5.41, 5.74) is 1.96. The molecule has 0 aliphatic heterocycles.